The number of benzene rings is 2. The summed E-state index contributed by atoms with van der Waals surface area (Å²) >= 11 is 0. The van der Waals surface area contributed by atoms with Gasteiger partial charge in [0.05, 0.1) is 6.04 Å². The summed E-state index contributed by atoms with van der Waals surface area (Å²) in [7, 11) is 0. The summed E-state index contributed by atoms with van der Waals surface area (Å²) < 4.78 is 0. The van der Waals surface area contributed by atoms with Crippen molar-refractivity contribution in [2.45, 2.75) is 85.0 Å². The quantitative estimate of drug-likeness (QED) is 0.520. The smallest absolute Gasteiger partial charge is 0.129 e. The van der Waals surface area contributed by atoms with Gasteiger partial charge in [-0.3, -0.25) is 0 Å². The molecule has 3 aliphatic rings. The Labute approximate surface area is 189 Å². The molecule has 0 amide bonds. The lowest BCUT2D eigenvalue weighted by Gasteiger charge is -2.42. The summed E-state index contributed by atoms with van der Waals surface area (Å²) in [5, 5.41) is 0. The molecule has 31 heavy (non-hydrogen) atoms. The topological polar surface area (TPSA) is 6.48 Å². The van der Waals surface area contributed by atoms with Crippen molar-refractivity contribution in [3.8, 4) is 0 Å². The van der Waals surface area contributed by atoms with Crippen molar-refractivity contribution >= 4 is 5.69 Å². The van der Waals surface area contributed by atoms with Crippen LogP contribution in [0.3, 0.4) is 0 Å². The standard InChI is InChI=1S/C29H38N2/c1-20-12-9-10-17-25(20)31-23(4)27-29(5,24-15-7-6-8-16-24)18-19-30(27)28(31)26-21(2)13-11-14-22(26)3/h9-14,17-19,23-24,27-28H,6-8,15-16H2,1-5H3/t23-,27?,28?,29?/m0/s1. The van der Waals surface area contributed by atoms with Crippen molar-refractivity contribution in [2.24, 2.45) is 11.3 Å². The Balaban J connectivity index is 1.65. The molecular formula is C29H38N2. The third kappa shape index (κ3) is 3.13. The molecule has 0 bridgehead atoms. The lowest BCUT2D eigenvalue weighted by molar-refractivity contribution is 0.104. The molecule has 1 saturated heterocycles. The van der Waals surface area contributed by atoms with Gasteiger partial charge >= 0.3 is 0 Å². The molecule has 4 atom stereocenters. The van der Waals surface area contributed by atoms with E-state index in [0.29, 0.717) is 12.1 Å². The van der Waals surface area contributed by atoms with Crippen molar-refractivity contribution in [1.82, 2.24) is 4.90 Å². The van der Waals surface area contributed by atoms with Gasteiger partial charge in [-0.25, -0.2) is 0 Å². The molecule has 2 aromatic carbocycles. The second kappa shape index (κ2) is 7.73. The fourth-order valence-electron chi connectivity index (χ4n) is 7.11. The minimum absolute atomic E-state index is 0.242. The summed E-state index contributed by atoms with van der Waals surface area (Å²) in [6.07, 6.45) is 12.3. The molecule has 2 fully saturated rings. The van der Waals surface area contributed by atoms with E-state index in [1.165, 1.54) is 60.0 Å². The molecule has 2 nitrogen and oxygen atoms in total. The molecule has 0 aromatic heterocycles. The summed E-state index contributed by atoms with van der Waals surface area (Å²) in [5.41, 5.74) is 7.28. The van der Waals surface area contributed by atoms with Crippen LogP contribution in [-0.2, 0) is 0 Å². The zero-order chi connectivity index (χ0) is 21.8. The zero-order valence-electron chi connectivity index (χ0n) is 19.9. The monoisotopic (exact) mass is 414 g/mol. The van der Waals surface area contributed by atoms with E-state index in [1.54, 1.807) is 0 Å². The number of hydrogen-bond donors (Lipinski definition) is 0. The Kier molecular flexibility index (Phi) is 5.15. The maximum atomic E-state index is 2.74. The van der Waals surface area contributed by atoms with Gasteiger partial charge in [-0.05, 0) is 75.4 Å². The van der Waals surface area contributed by atoms with Gasteiger partial charge < -0.3 is 9.80 Å². The molecule has 3 unspecified atom stereocenters. The summed E-state index contributed by atoms with van der Waals surface area (Å²) in [5.74, 6) is 0.797. The van der Waals surface area contributed by atoms with Crippen molar-refractivity contribution in [3.63, 3.8) is 0 Å². The molecule has 0 spiro atoms. The van der Waals surface area contributed by atoms with Crippen LogP contribution < -0.4 is 4.90 Å². The fraction of sp³-hybridized carbons (Fsp3) is 0.517. The first-order valence-corrected chi connectivity index (χ1v) is 12.3. The van der Waals surface area contributed by atoms with Gasteiger partial charge in [0.1, 0.15) is 6.17 Å². The average Bonchev–Trinajstić information content (AvgIpc) is 3.26. The van der Waals surface area contributed by atoms with E-state index < -0.39 is 0 Å². The average molecular weight is 415 g/mol. The largest absolute Gasteiger partial charge is 0.348 e. The number of nitrogens with zero attached hydrogens (tertiary/aromatic N) is 2. The van der Waals surface area contributed by atoms with Gasteiger partial charge in [0, 0.05) is 22.7 Å². The van der Waals surface area contributed by atoms with E-state index in [1.807, 2.05) is 0 Å². The van der Waals surface area contributed by atoms with Gasteiger partial charge in [-0.1, -0.05) is 68.7 Å². The SMILES string of the molecule is Cc1ccccc1N1C(c2c(C)cccc2C)N2C=CC(C)(C3CCCCC3)C2[C@@H]1C. The van der Waals surface area contributed by atoms with E-state index in [2.05, 4.69) is 99.2 Å². The molecule has 2 heteroatoms. The second-order valence-corrected chi connectivity index (χ2v) is 10.5. The molecule has 2 aliphatic heterocycles. The molecular weight excluding hydrogens is 376 g/mol. The van der Waals surface area contributed by atoms with Crippen molar-refractivity contribution in [2.75, 3.05) is 4.90 Å². The van der Waals surface area contributed by atoms with E-state index in [0.717, 1.165) is 5.92 Å². The van der Waals surface area contributed by atoms with Crippen LogP contribution in [0.15, 0.2) is 54.7 Å². The number of aryl methyl sites for hydroxylation is 3. The summed E-state index contributed by atoms with van der Waals surface area (Å²) in [4.78, 5) is 5.46. The number of rotatable bonds is 3. The molecule has 2 heterocycles. The van der Waals surface area contributed by atoms with Crippen molar-refractivity contribution in [3.05, 3.63) is 77.0 Å². The first-order valence-electron chi connectivity index (χ1n) is 12.3. The highest BCUT2D eigenvalue weighted by atomic mass is 15.5. The van der Waals surface area contributed by atoms with Crippen LogP contribution >= 0.6 is 0 Å². The van der Waals surface area contributed by atoms with E-state index in [-0.39, 0.29) is 11.6 Å². The molecule has 1 saturated carbocycles. The molecule has 0 N–H and O–H groups in total. The van der Waals surface area contributed by atoms with Crippen LogP contribution in [0.4, 0.5) is 5.69 Å². The van der Waals surface area contributed by atoms with Crippen LogP contribution in [0.2, 0.25) is 0 Å². The number of fused-ring (bicyclic) bond motifs is 1. The Morgan fingerprint density at radius 3 is 2.16 bits per heavy atom. The lowest BCUT2D eigenvalue weighted by atomic mass is 9.65. The lowest BCUT2D eigenvalue weighted by Crippen LogP contribution is -2.46. The van der Waals surface area contributed by atoms with Gasteiger partial charge in [-0.2, -0.15) is 0 Å². The normalized spacial score (nSPS) is 30.8. The third-order valence-corrected chi connectivity index (χ3v) is 8.68. The third-order valence-electron chi connectivity index (χ3n) is 8.68. The van der Waals surface area contributed by atoms with Crippen LogP contribution in [0, 0.1) is 32.1 Å². The molecule has 1 aliphatic carbocycles. The predicted octanol–water partition coefficient (Wildman–Crippen LogP) is 7.30. The minimum atomic E-state index is 0.242. The molecule has 2 aromatic rings. The van der Waals surface area contributed by atoms with Crippen molar-refractivity contribution in [1.29, 1.82) is 0 Å². The minimum Gasteiger partial charge on any atom is -0.348 e. The zero-order valence-corrected chi connectivity index (χ0v) is 19.9. The first kappa shape index (κ1) is 20.7. The van der Waals surface area contributed by atoms with Gasteiger partial charge in [-0.15, -0.1) is 0 Å². The highest BCUT2D eigenvalue weighted by molar-refractivity contribution is 5.59. The highest BCUT2D eigenvalue weighted by Gasteiger charge is 2.57. The first-order chi connectivity index (χ1) is 14.9. The van der Waals surface area contributed by atoms with Crippen LogP contribution in [-0.4, -0.2) is 17.0 Å². The fourth-order valence-corrected chi connectivity index (χ4v) is 7.11. The van der Waals surface area contributed by atoms with Crippen LogP contribution in [0.5, 0.6) is 0 Å². The number of anilines is 1. The van der Waals surface area contributed by atoms with E-state index in [4.69, 9.17) is 0 Å². The van der Waals surface area contributed by atoms with E-state index >= 15 is 0 Å². The summed E-state index contributed by atoms with van der Waals surface area (Å²) in [6, 6.07) is 16.7. The highest BCUT2D eigenvalue weighted by Crippen LogP contribution is 2.56. The van der Waals surface area contributed by atoms with Crippen LogP contribution in [0.25, 0.3) is 0 Å². The Morgan fingerprint density at radius 2 is 1.48 bits per heavy atom. The Morgan fingerprint density at radius 1 is 0.839 bits per heavy atom. The summed E-state index contributed by atoms with van der Waals surface area (Å²) in [6.45, 7) is 11.9. The Bertz CT molecular complexity index is 966. The van der Waals surface area contributed by atoms with Gasteiger partial charge in [0.25, 0.3) is 0 Å². The van der Waals surface area contributed by atoms with Gasteiger partial charge in [0.2, 0.25) is 0 Å². The van der Waals surface area contributed by atoms with E-state index in [9.17, 15) is 0 Å². The van der Waals surface area contributed by atoms with Crippen LogP contribution in [0.1, 0.15) is 74.4 Å². The van der Waals surface area contributed by atoms with Crippen molar-refractivity contribution < 1.29 is 0 Å². The van der Waals surface area contributed by atoms with Gasteiger partial charge in [0.15, 0.2) is 0 Å². The maximum Gasteiger partial charge on any atom is 0.129 e. The predicted molar refractivity (Wildman–Crippen MR) is 131 cm³/mol. The second-order valence-electron chi connectivity index (χ2n) is 10.5. The maximum absolute atomic E-state index is 2.74. The molecule has 0 radical (unpaired) electrons. The number of para-hydroxylation sites is 1. The molecule has 164 valence electrons. The Hall–Kier alpha value is -2.22. The molecule has 5 rings (SSSR count). The number of hydrogen-bond acceptors (Lipinski definition) is 2.